The number of amides is 3. The van der Waals surface area contributed by atoms with Crippen LogP contribution in [-0.4, -0.2) is 38.3 Å². The maximum absolute atomic E-state index is 13.1. The smallest absolute Gasteiger partial charge is 0.247 e. The van der Waals surface area contributed by atoms with E-state index in [1.54, 1.807) is 6.92 Å². The summed E-state index contributed by atoms with van der Waals surface area (Å²) >= 11 is 7.38. The normalized spacial score (nSPS) is 34.0. The second kappa shape index (κ2) is 6.91. The first-order valence-corrected chi connectivity index (χ1v) is 11.7. The van der Waals surface area contributed by atoms with Crippen LogP contribution in [0.2, 0.25) is 0 Å². The third-order valence-electron chi connectivity index (χ3n) is 6.84. The number of benzene rings is 2. The highest BCUT2D eigenvalue weighted by atomic mass is 79.9. The number of alkyl halides is 2. The summed E-state index contributed by atoms with van der Waals surface area (Å²) in [4.78, 5) is 40.8. The molecule has 2 aromatic rings. The maximum Gasteiger partial charge on any atom is 0.247 e. The summed E-state index contributed by atoms with van der Waals surface area (Å²) in [7, 11) is 0. The van der Waals surface area contributed by atoms with Gasteiger partial charge in [0.2, 0.25) is 17.7 Å². The molecule has 0 aromatic heterocycles. The van der Waals surface area contributed by atoms with Crippen molar-refractivity contribution in [3.8, 4) is 0 Å². The van der Waals surface area contributed by atoms with Gasteiger partial charge in [-0.05, 0) is 36.6 Å². The standard InChI is InChI=1S/C22H20Br2N2O3/c1-10(20(27)25-15-8-4-6-11-5-2-3-7-12(11)15)26-21(28)16-13-9-14(17(16)22(26)29)19(24)18(13)23/h2-8,10,13-14,16-19H,9H2,1H3,(H,25,27)/t10-,13-,14-,16-,17+,18-,19+/m1/s1. The maximum atomic E-state index is 13.1. The molecule has 150 valence electrons. The molecule has 2 bridgehead atoms. The van der Waals surface area contributed by atoms with Crippen molar-refractivity contribution < 1.29 is 14.4 Å². The molecule has 0 unspecified atom stereocenters. The Hall–Kier alpha value is -1.73. The molecule has 5 nitrogen and oxygen atoms in total. The number of anilines is 1. The molecule has 1 saturated heterocycles. The third-order valence-corrected chi connectivity index (χ3v) is 10.0. The van der Waals surface area contributed by atoms with E-state index in [0.29, 0.717) is 5.69 Å². The van der Waals surface area contributed by atoms with E-state index in [2.05, 4.69) is 37.2 Å². The molecule has 7 heteroatoms. The molecule has 3 amide bonds. The zero-order valence-electron chi connectivity index (χ0n) is 15.7. The number of halogens is 2. The molecule has 0 radical (unpaired) electrons. The molecule has 2 aliphatic carbocycles. The Bertz CT molecular complexity index is 1000. The number of nitrogens with one attached hydrogen (secondary N) is 1. The minimum absolute atomic E-state index is 0.143. The number of hydrogen-bond donors (Lipinski definition) is 1. The number of carbonyl (C=O) groups excluding carboxylic acids is 3. The van der Waals surface area contributed by atoms with E-state index in [4.69, 9.17) is 0 Å². The van der Waals surface area contributed by atoms with Gasteiger partial charge in [-0.1, -0.05) is 68.3 Å². The SMILES string of the molecule is C[C@H](C(=O)Nc1cccc2ccccc12)N1C(=O)[C@@H]2[C@H]3C[C@@H]([C@H](Br)[C@@H]3Br)[C@@H]2C1=O. The fourth-order valence-electron chi connectivity index (χ4n) is 5.44. The van der Waals surface area contributed by atoms with E-state index in [-0.39, 0.29) is 51.0 Å². The quantitative estimate of drug-likeness (QED) is 0.493. The van der Waals surface area contributed by atoms with Crippen LogP contribution < -0.4 is 5.32 Å². The van der Waals surface area contributed by atoms with E-state index in [9.17, 15) is 14.4 Å². The number of likely N-dealkylation sites (tertiary alicyclic amines) is 1. The number of nitrogens with zero attached hydrogens (tertiary/aromatic N) is 1. The highest BCUT2D eigenvalue weighted by Gasteiger charge is 2.67. The monoisotopic (exact) mass is 518 g/mol. The lowest BCUT2D eigenvalue weighted by molar-refractivity contribution is -0.146. The minimum Gasteiger partial charge on any atom is -0.324 e. The van der Waals surface area contributed by atoms with Crippen molar-refractivity contribution in [2.45, 2.75) is 29.0 Å². The summed E-state index contributed by atoms with van der Waals surface area (Å²) in [5.41, 5.74) is 0.681. The third kappa shape index (κ3) is 2.73. The fraction of sp³-hybridized carbons (Fsp3) is 0.409. The zero-order chi connectivity index (χ0) is 20.4. The average Bonchev–Trinajstić information content (AvgIpc) is 3.32. The van der Waals surface area contributed by atoms with Crippen LogP contribution in [0.5, 0.6) is 0 Å². The summed E-state index contributed by atoms with van der Waals surface area (Å²) in [6, 6.07) is 12.6. The predicted octanol–water partition coefficient (Wildman–Crippen LogP) is 3.94. The van der Waals surface area contributed by atoms with Gasteiger partial charge in [0, 0.05) is 20.7 Å². The summed E-state index contributed by atoms with van der Waals surface area (Å²) in [5.74, 6) is -1.07. The first-order chi connectivity index (χ1) is 13.9. The van der Waals surface area contributed by atoms with Crippen LogP contribution in [0.1, 0.15) is 13.3 Å². The zero-order valence-corrected chi connectivity index (χ0v) is 18.9. The molecular formula is C22H20Br2N2O3. The van der Waals surface area contributed by atoms with E-state index < -0.39 is 6.04 Å². The molecule has 1 heterocycles. The van der Waals surface area contributed by atoms with E-state index in [1.165, 1.54) is 4.90 Å². The van der Waals surface area contributed by atoms with Gasteiger partial charge in [-0.25, -0.2) is 0 Å². The molecule has 2 aromatic carbocycles. The minimum atomic E-state index is -0.846. The predicted molar refractivity (Wildman–Crippen MR) is 118 cm³/mol. The van der Waals surface area contributed by atoms with Gasteiger partial charge < -0.3 is 5.32 Å². The summed E-state index contributed by atoms with van der Waals surface area (Å²) in [5, 5.41) is 4.86. The molecule has 29 heavy (non-hydrogen) atoms. The molecule has 3 aliphatic rings. The lowest BCUT2D eigenvalue weighted by Gasteiger charge is -2.28. The van der Waals surface area contributed by atoms with Crippen molar-refractivity contribution in [3.05, 3.63) is 42.5 Å². The van der Waals surface area contributed by atoms with Gasteiger partial charge >= 0.3 is 0 Å². The molecule has 7 atom stereocenters. The second-order valence-electron chi connectivity index (χ2n) is 8.24. The van der Waals surface area contributed by atoms with Crippen molar-refractivity contribution in [2.75, 3.05) is 5.32 Å². The van der Waals surface area contributed by atoms with Gasteiger partial charge in [0.1, 0.15) is 6.04 Å². The molecule has 1 aliphatic heterocycles. The molecule has 1 N–H and O–H groups in total. The van der Waals surface area contributed by atoms with Crippen LogP contribution in [0, 0.1) is 23.7 Å². The van der Waals surface area contributed by atoms with Gasteiger partial charge in [-0.15, -0.1) is 0 Å². The fourth-order valence-corrected chi connectivity index (χ4v) is 7.32. The van der Waals surface area contributed by atoms with Crippen molar-refractivity contribution in [1.82, 2.24) is 4.90 Å². The van der Waals surface area contributed by atoms with Gasteiger partial charge in [0.25, 0.3) is 0 Å². The number of carbonyl (C=O) groups is 3. The van der Waals surface area contributed by atoms with E-state index in [0.717, 1.165) is 17.2 Å². The average molecular weight is 520 g/mol. The second-order valence-corrected chi connectivity index (χ2v) is 10.4. The Labute approximate surface area is 185 Å². The van der Waals surface area contributed by atoms with E-state index in [1.807, 2.05) is 42.5 Å². The molecule has 2 saturated carbocycles. The van der Waals surface area contributed by atoms with Crippen molar-refractivity contribution in [3.63, 3.8) is 0 Å². The van der Waals surface area contributed by atoms with Crippen LogP contribution in [0.4, 0.5) is 5.69 Å². The first kappa shape index (κ1) is 19.2. The van der Waals surface area contributed by atoms with Crippen LogP contribution in [0.15, 0.2) is 42.5 Å². The van der Waals surface area contributed by atoms with Gasteiger partial charge in [0.15, 0.2) is 0 Å². The first-order valence-electron chi connectivity index (χ1n) is 9.84. The Morgan fingerprint density at radius 3 is 2.24 bits per heavy atom. The summed E-state index contributed by atoms with van der Waals surface area (Å²) in [6.07, 6.45) is 0.878. The number of imide groups is 1. The molecule has 3 fully saturated rings. The molecule has 0 spiro atoms. The lowest BCUT2D eigenvalue weighted by Crippen LogP contribution is -2.46. The topological polar surface area (TPSA) is 66.5 Å². The highest BCUT2D eigenvalue weighted by molar-refractivity contribution is 9.12. The Morgan fingerprint density at radius 1 is 1.00 bits per heavy atom. The van der Waals surface area contributed by atoms with Crippen LogP contribution in [0.3, 0.4) is 0 Å². The molecular weight excluding hydrogens is 500 g/mol. The van der Waals surface area contributed by atoms with Crippen molar-refractivity contribution in [1.29, 1.82) is 0 Å². The van der Waals surface area contributed by atoms with Crippen LogP contribution >= 0.6 is 31.9 Å². The largest absolute Gasteiger partial charge is 0.324 e. The Kier molecular flexibility index (Phi) is 4.59. The van der Waals surface area contributed by atoms with Gasteiger partial charge in [-0.2, -0.15) is 0 Å². The summed E-state index contributed by atoms with van der Waals surface area (Å²) < 4.78 is 0. The van der Waals surface area contributed by atoms with Crippen LogP contribution in [0.25, 0.3) is 10.8 Å². The Morgan fingerprint density at radius 2 is 1.59 bits per heavy atom. The van der Waals surface area contributed by atoms with Crippen molar-refractivity contribution >= 4 is 66.0 Å². The van der Waals surface area contributed by atoms with Crippen molar-refractivity contribution in [2.24, 2.45) is 23.7 Å². The lowest BCUT2D eigenvalue weighted by atomic mass is 9.81. The number of fused-ring (bicyclic) bond motifs is 6. The van der Waals surface area contributed by atoms with Crippen LogP contribution in [-0.2, 0) is 14.4 Å². The highest BCUT2D eigenvalue weighted by Crippen LogP contribution is 2.60. The number of hydrogen-bond acceptors (Lipinski definition) is 3. The van der Waals surface area contributed by atoms with E-state index >= 15 is 0 Å². The summed E-state index contributed by atoms with van der Waals surface area (Å²) in [6.45, 7) is 1.64. The molecule has 5 rings (SSSR count). The Balaban J connectivity index is 1.39. The van der Waals surface area contributed by atoms with Gasteiger partial charge in [0.05, 0.1) is 11.8 Å². The van der Waals surface area contributed by atoms with Gasteiger partial charge in [-0.3, -0.25) is 19.3 Å². The number of rotatable bonds is 3.